The van der Waals surface area contributed by atoms with E-state index in [1.807, 2.05) is 17.4 Å². The number of likely N-dealkylation sites (tertiary alicyclic amines) is 2. The number of rotatable bonds is 9. The number of esters is 1. The summed E-state index contributed by atoms with van der Waals surface area (Å²) in [5.74, 6) is 0.720. The van der Waals surface area contributed by atoms with Gasteiger partial charge >= 0.3 is 5.97 Å². The summed E-state index contributed by atoms with van der Waals surface area (Å²) in [4.78, 5) is 23.2. The van der Waals surface area contributed by atoms with Crippen LogP contribution in [0.5, 0.6) is 0 Å². The van der Waals surface area contributed by atoms with E-state index in [1.54, 1.807) is 12.1 Å². The van der Waals surface area contributed by atoms with Gasteiger partial charge in [0.15, 0.2) is 0 Å². The van der Waals surface area contributed by atoms with Gasteiger partial charge in [-0.2, -0.15) is 0 Å². The normalized spacial score (nSPS) is 21.1. The van der Waals surface area contributed by atoms with Crippen molar-refractivity contribution in [1.82, 2.24) is 14.8 Å². The van der Waals surface area contributed by atoms with E-state index in [1.165, 1.54) is 34.3 Å². The number of ether oxygens (including phenoxy) is 1. The summed E-state index contributed by atoms with van der Waals surface area (Å²) in [5.41, 5.74) is 3.62. The molecule has 5 nitrogen and oxygen atoms in total. The third-order valence-electron chi connectivity index (χ3n) is 8.13. The average Bonchev–Trinajstić information content (AvgIpc) is 3.53. The Kier molecular flexibility index (Phi) is 8.87. The summed E-state index contributed by atoms with van der Waals surface area (Å²) < 4.78 is 19.0. The lowest BCUT2D eigenvalue weighted by molar-refractivity contribution is -0.141. The highest BCUT2D eigenvalue weighted by atomic mass is 32.1. The zero-order valence-corrected chi connectivity index (χ0v) is 23.3. The van der Waals surface area contributed by atoms with Crippen molar-refractivity contribution in [2.45, 2.75) is 44.4 Å². The highest BCUT2D eigenvalue weighted by Gasteiger charge is 2.37. The molecule has 2 fully saturated rings. The van der Waals surface area contributed by atoms with Gasteiger partial charge in [-0.3, -0.25) is 9.69 Å². The molecule has 0 N–H and O–H groups in total. The summed E-state index contributed by atoms with van der Waals surface area (Å²) in [5, 5.41) is 1.22. The molecule has 2 saturated heterocycles. The zero-order chi connectivity index (χ0) is 26.5. The van der Waals surface area contributed by atoms with Crippen molar-refractivity contribution >= 4 is 17.3 Å². The highest BCUT2D eigenvalue weighted by Crippen LogP contribution is 2.38. The molecule has 202 valence electrons. The fraction of sp³-hybridized carbons (Fsp3) is 0.484. The second-order valence-corrected chi connectivity index (χ2v) is 11.8. The number of carbonyl (C=O) groups is 1. The molecule has 2 aliphatic rings. The van der Waals surface area contributed by atoms with Crippen molar-refractivity contribution in [1.29, 1.82) is 0 Å². The maximum Gasteiger partial charge on any atom is 0.319 e. The van der Waals surface area contributed by atoms with Crippen molar-refractivity contribution in [3.8, 4) is 0 Å². The van der Waals surface area contributed by atoms with Gasteiger partial charge in [0.05, 0.1) is 24.4 Å². The van der Waals surface area contributed by atoms with Gasteiger partial charge in [-0.25, -0.2) is 9.37 Å². The molecule has 3 aromatic rings. The lowest BCUT2D eigenvalue weighted by Crippen LogP contribution is -2.38. The maximum absolute atomic E-state index is 14.1. The molecule has 5 rings (SSSR count). The van der Waals surface area contributed by atoms with E-state index in [2.05, 4.69) is 47.1 Å². The second-order valence-electron chi connectivity index (χ2n) is 10.7. The topological polar surface area (TPSA) is 45.7 Å². The summed E-state index contributed by atoms with van der Waals surface area (Å²) in [6, 6.07) is 17.6. The Morgan fingerprint density at radius 1 is 1.08 bits per heavy atom. The number of piperidine rings is 1. The molecule has 2 aliphatic heterocycles. The molecule has 3 heterocycles. The molecule has 0 saturated carbocycles. The van der Waals surface area contributed by atoms with E-state index < -0.39 is 0 Å². The van der Waals surface area contributed by atoms with E-state index in [4.69, 9.17) is 9.72 Å². The molecule has 0 unspecified atom stereocenters. The van der Waals surface area contributed by atoms with Crippen molar-refractivity contribution in [3.05, 3.63) is 87.1 Å². The van der Waals surface area contributed by atoms with Crippen LogP contribution in [-0.2, 0) is 22.4 Å². The number of aryl methyl sites for hydroxylation is 1. The Bertz CT molecular complexity index is 1210. The Morgan fingerprint density at radius 3 is 2.58 bits per heavy atom. The summed E-state index contributed by atoms with van der Waals surface area (Å²) in [7, 11) is 1.43. The Balaban J connectivity index is 1.22. The van der Waals surface area contributed by atoms with E-state index in [-0.39, 0.29) is 24.2 Å². The molecule has 0 amide bonds. The van der Waals surface area contributed by atoms with Crippen LogP contribution in [0.25, 0.3) is 0 Å². The quantitative estimate of drug-likeness (QED) is 0.339. The number of benzene rings is 2. The molecular formula is C31H38FN3O2S. The third kappa shape index (κ3) is 6.50. The van der Waals surface area contributed by atoms with Crippen molar-refractivity contribution in [2.75, 3.05) is 46.4 Å². The molecule has 7 heteroatoms. The van der Waals surface area contributed by atoms with Gasteiger partial charge < -0.3 is 9.64 Å². The number of hydrogen-bond acceptors (Lipinski definition) is 6. The maximum atomic E-state index is 14.1. The molecule has 1 aromatic heterocycles. The minimum Gasteiger partial charge on any atom is -0.468 e. The van der Waals surface area contributed by atoms with Crippen LogP contribution in [0.15, 0.2) is 54.6 Å². The number of hydrogen-bond donors (Lipinski definition) is 0. The van der Waals surface area contributed by atoms with Crippen molar-refractivity contribution < 1.29 is 13.9 Å². The van der Waals surface area contributed by atoms with Crippen LogP contribution in [0.4, 0.5) is 4.39 Å². The largest absolute Gasteiger partial charge is 0.468 e. The monoisotopic (exact) mass is 535 g/mol. The van der Waals surface area contributed by atoms with Gasteiger partial charge in [0, 0.05) is 36.9 Å². The first-order valence-electron chi connectivity index (χ1n) is 13.8. The van der Waals surface area contributed by atoms with Crippen LogP contribution in [0.3, 0.4) is 0 Å². The van der Waals surface area contributed by atoms with Crippen LogP contribution in [0.2, 0.25) is 0 Å². The van der Waals surface area contributed by atoms with E-state index in [0.29, 0.717) is 11.8 Å². The van der Waals surface area contributed by atoms with Gasteiger partial charge in [0.2, 0.25) is 0 Å². The molecule has 2 aromatic carbocycles. The molecule has 0 spiro atoms. The van der Waals surface area contributed by atoms with Crippen LogP contribution < -0.4 is 0 Å². The minimum absolute atomic E-state index is 0.198. The van der Waals surface area contributed by atoms with Crippen LogP contribution >= 0.6 is 11.3 Å². The number of thiazole rings is 1. The number of methoxy groups -OCH3 is 1. The van der Waals surface area contributed by atoms with Crippen molar-refractivity contribution in [2.24, 2.45) is 5.92 Å². The Morgan fingerprint density at radius 2 is 1.87 bits per heavy atom. The van der Waals surface area contributed by atoms with E-state index >= 15 is 0 Å². The smallest absolute Gasteiger partial charge is 0.319 e. The van der Waals surface area contributed by atoms with Crippen molar-refractivity contribution in [3.63, 3.8) is 0 Å². The fourth-order valence-corrected chi connectivity index (χ4v) is 7.54. The van der Waals surface area contributed by atoms with Gasteiger partial charge in [0.1, 0.15) is 5.82 Å². The lowest BCUT2D eigenvalue weighted by atomic mass is 9.87. The number of aromatic nitrogens is 1. The first kappa shape index (κ1) is 27.0. The lowest BCUT2D eigenvalue weighted by Gasteiger charge is -2.34. The molecular weight excluding hydrogens is 497 g/mol. The third-order valence-corrected chi connectivity index (χ3v) is 9.39. The fourth-order valence-electron chi connectivity index (χ4n) is 6.18. The van der Waals surface area contributed by atoms with Crippen LogP contribution in [0.1, 0.15) is 58.3 Å². The van der Waals surface area contributed by atoms with Gasteiger partial charge in [-0.1, -0.05) is 49.4 Å². The van der Waals surface area contributed by atoms with Gasteiger partial charge in [0.25, 0.3) is 0 Å². The summed E-state index contributed by atoms with van der Waals surface area (Å²) in [6.07, 6.45) is 4.17. The molecule has 2 atom stereocenters. The molecule has 0 aliphatic carbocycles. The predicted octanol–water partition coefficient (Wildman–Crippen LogP) is 5.50. The molecule has 0 bridgehead atoms. The van der Waals surface area contributed by atoms with Crippen LogP contribution in [0, 0.1) is 11.7 Å². The first-order chi connectivity index (χ1) is 18.5. The SMILES string of the molecule is CCc1nc(Cc2ccccc2)sc1C1CCN(C[C@H]2CN(CC(=O)OC)C[C@@H]2c2cccc(F)c2)CC1. The van der Waals surface area contributed by atoms with Gasteiger partial charge in [-0.15, -0.1) is 11.3 Å². The van der Waals surface area contributed by atoms with Gasteiger partial charge in [-0.05, 0) is 67.4 Å². The first-order valence-corrected chi connectivity index (χ1v) is 14.6. The minimum atomic E-state index is -0.215. The number of halogens is 1. The molecule has 38 heavy (non-hydrogen) atoms. The summed E-state index contributed by atoms with van der Waals surface area (Å²) in [6.45, 7) is 7.17. The zero-order valence-electron chi connectivity index (χ0n) is 22.4. The molecule has 0 radical (unpaired) electrons. The standard InChI is InChI=1S/C31H38FN3O2S/c1-3-28-31(38-29(33-28)16-22-8-5-4-6-9-22)23-12-14-34(15-13-23)18-25-19-35(21-30(36)37-2)20-27(25)24-10-7-11-26(32)17-24/h4-11,17,23,25,27H,3,12-16,18-21H2,1-2H3/t25-,27+/m0/s1. The highest BCUT2D eigenvalue weighted by molar-refractivity contribution is 7.11. The Labute approximate surface area is 229 Å². The second kappa shape index (κ2) is 12.5. The van der Waals surface area contributed by atoms with Crippen LogP contribution in [-0.4, -0.2) is 67.1 Å². The van der Waals surface area contributed by atoms with E-state index in [9.17, 15) is 9.18 Å². The number of carbonyl (C=O) groups excluding carboxylic acids is 1. The Hall–Kier alpha value is -2.61. The van der Waals surface area contributed by atoms with E-state index in [0.717, 1.165) is 64.0 Å². The number of nitrogens with zero attached hydrogens (tertiary/aromatic N) is 3. The predicted molar refractivity (Wildman–Crippen MR) is 150 cm³/mol. The summed E-state index contributed by atoms with van der Waals surface area (Å²) >= 11 is 1.91. The average molecular weight is 536 g/mol.